The molecular weight excluding hydrogens is 282 g/mol. The normalized spacial score (nSPS) is 20.2. The number of fused-ring (bicyclic) bond motifs is 1. The first kappa shape index (κ1) is 10.7. The molecule has 1 atom stereocenters. The Morgan fingerprint density at radius 1 is 1.29 bits per heavy atom. The van der Waals surface area contributed by atoms with Gasteiger partial charge in [0.25, 0.3) is 0 Å². The quantitative estimate of drug-likeness (QED) is 0.756. The molecule has 1 aromatic carbocycles. The number of hydrogen-bond acceptors (Lipinski definition) is 3. The molecule has 2 heterocycles. The Labute approximate surface area is 107 Å². The van der Waals surface area contributed by atoms with Crippen LogP contribution in [-0.4, -0.2) is 27.2 Å². The highest BCUT2D eigenvalue weighted by molar-refractivity contribution is 9.09. The largest absolute Gasteiger partial charge is 0.295 e. The first-order valence-electron chi connectivity index (χ1n) is 5.40. The third kappa shape index (κ3) is 1.80. The van der Waals surface area contributed by atoms with Gasteiger partial charge in [-0.1, -0.05) is 28.1 Å². The van der Waals surface area contributed by atoms with Gasteiger partial charge in [0.05, 0.1) is 5.52 Å². The second-order valence-corrected chi connectivity index (χ2v) is 5.32. The number of amides is 1. The number of carbonyl (C=O) groups is 1. The van der Waals surface area contributed by atoms with Gasteiger partial charge in [-0.3, -0.25) is 9.69 Å². The number of hydrogen-bond donors (Lipinski definition) is 0. The van der Waals surface area contributed by atoms with Crippen molar-refractivity contribution in [2.45, 2.75) is 11.2 Å². The molecule has 0 saturated carbocycles. The number of aromatic nitrogens is 2. The average molecular weight is 292 g/mol. The Morgan fingerprint density at radius 3 is 2.88 bits per heavy atom. The summed E-state index contributed by atoms with van der Waals surface area (Å²) in [6.45, 7) is 0.667. The lowest BCUT2D eigenvalue weighted by Crippen LogP contribution is -2.25. The van der Waals surface area contributed by atoms with E-state index in [1.54, 1.807) is 4.90 Å². The van der Waals surface area contributed by atoms with E-state index in [4.69, 9.17) is 0 Å². The molecule has 3 rings (SSSR count). The minimum Gasteiger partial charge on any atom is -0.295 e. The molecule has 5 heteroatoms. The van der Waals surface area contributed by atoms with E-state index in [9.17, 15) is 4.79 Å². The van der Waals surface area contributed by atoms with Crippen LogP contribution in [0.1, 0.15) is 6.42 Å². The Balaban J connectivity index is 2.14. The second-order valence-electron chi connectivity index (χ2n) is 4.02. The monoisotopic (exact) mass is 291 g/mol. The predicted molar refractivity (Wildman–Crippen MR) is 69.2 cm³/mol. The number of rotatable bonds is 1. The van der Waals surface area contributed by atoms with Gasteiger partial charge in [-0.25, -0.2) is 9.97 Å². The zero-order valence-corrected chi connectivity index (χ0v) is 10.6. The Kier molecular flexibility index (Phi) is 2.55. The second kappa shape index (κ2) is 4.07. The summed E-state index contributed by atoms with van der Waals surface area (Å²) < 4.78 is 0. The Morgan fingerprint density at radius 2 is 2.12 bits per heavy atom. The molecule has 0 radical (unpaired) electrons. The van der Waals surface area contributed by atoms with E-state index in [1.165, 1.54) is 6.33 Å². The lowest BCUT2D eigenvalue weighted by atomic mass is 10.2. The van der Waals surface area contributed by atoms with Crippen LogP contribution in [0, 0.1) is 0 Å². The number of anilines is 1. The fraction of sp³-hybridized carbons (Fsp3) is 0.250. The van der Waals surface area contributed by atoms with E-state index in [2.05, 4.69) is 25.9 Å². The molecule has 4 nitrogen and oxygen atoms in total. The molecule has 1 amide bonds. The maximum absolute atomic E-state index is 11.9. The lowest BCUT2D eigenvalue weighted by Gasteiger charge is -2.16. The molecule has 0 N–H and O–H groups in total. The van der Waals surface area contributed by atoms with Crippen LogP contribution in [0.25, 0.3) is 10.9 Å². The summed E-state index contributed by atoms with van der Waals surface area (Å²) in [4.78, 5) is 22.2. The topological polar surface area (TPSA) is 46.1 Å². The van der Waals surface area contributed by atoms with Crippen molar-refractivity contribution in [3.63, 3.8) is 0 Å². The van der Waals surface area contributed by atoms with E-state index in [-0.39, 0.29) is 10.7 Å². The van der Waals surface area contributed by atoms with Crippen LogP contribution >= 0.6 is 15.9 Å². The van der Waals surface area contributed by atoms with Crippen molar-refractivity contribution in [1.82, 2.24) is 9.97 Å². The molecule has 1 aliphatic heterocycles. The predicted octanol–water partition coefficient (Wildman–Crippen LogP) is 2.13. The van der Waals surface area contributed by atoms with Gasteiger partial charge in [0.2, 0.25) is 5.91 Å². The molecule has 1 saturated heterocycles. The number of alkyl halides is 1. The van der Waals surface area contributed by atoms with Gasteiger partial charge in [0.15, 0.2) is 0 Å². The van der Waals surface area contributed by atoms with Gasteiger partial charge in [-0.2, -0.15) is 0 Å². The molecule has 1 unspecified atom stereocenters. The standard InChI is InChI=1S/C12H10BrN3O/c13-8-5-11(17)16(6-8)12-9-3-1-2-4-10(9)14-7-15-12/h1-4,7-8H,5-6H2. The SMILES string of the molecule is O=C1CC(Br)CN1c1ncnc2ccccc12. The molecule has 0 spiro atoms. The van der Waals surface area contributed by atoms with Crippen molar-refractivity contribution in [2.24, 2.45) is 0 Å². The van der Waals surface area contributed by atoms with Crippen LogP contribution in [0.3, 0.4) is 0 Å². The summed E-state index contributed by atoms with van der Waals surface area (Å²) in [5.41, 5.74) is 0.864. The third-order valence-electron chi connectivity index (χ3n) is 2.86. The minimum atomic E-state index is 0.107. The zero-order valence-electron chi connectivity index (χ0n) is 9.01. The third-order valence-corrected chi connectivity index (χ3v) is 3.47. The van der Waals surface area contributed by atoms with E-state index in [0.29, 0.717) is 18.8 Å². The number of carbonyl (C=O) groups excluding carboxylic acids is 1. The molecule has 17 heavy (non-hydrogen) atoms. The van der Waals surface area contributed by atoms with Gasteiger partial charge in [-0.15, -0.1) is 0 Å². The molecule has 1 aliphatic rings. The minimum absolute atomic E-state index is 0.107. The highest BCUT2D eigenvalue weighted by Gasteiger charge is 2.30. The van der Waals surface area contributed by atoms with Crippen molar-refractivity contribution in [3.05, 3.63) is 30.6 Å². The van der Waals surface area contributed by atoms with Crippen LogP contribution in [0.2, 0.25) is 0 Å². The van der Waals surface area contributed by atoms with Crippen LogP contribution in [0.5, 0.6) is 0 Å². The number of halogens is 1. The summed E-state index contributed by atoms with van der Waals surface area (Å²) in [6, 6.07) is 7.73. The summed E-state index contributed by atoms with van der Waals surface area (Å²) in [6.07, 6.45) is 2.03. The van der Waals surface area contributed by atoms with Crippen LogP contribution in [0.15, 0.2) is 30.6 Å². The molecule has 2 aromatic rings. The maximum atomic E-state index is 11.9. The lowest BCUT2D eigenvalue weighted by molar-refractivity contribution is -0.117. The smallest absolute Gasteiger partial charge is 0.229 e. The molecular formula is C12H10BrN3O. The van der Waals surface area contributed by atoms with Gasteiger partial charge < -0.3 is 0 Å². The maximum Gasteiger partial charge on any atom is 0.229 e. The van der Waals surface area contributed by atoms with E-state index in [0.717, 1.165) is 10.9 Å². The Hall–Kier alpha value is -1.49. The van der Waals surface area contributed by atoms with Gasteiger partial charge in [-0.05, 0) is 12.1 Å². The number of para-hydroxylation sites is 1. The highest BCUT2D eigenvalue weighted by Crippen LogP contribution is 2.28. The summed E-state index contributed by atoms with van der Waals surface area (Å²) in [7, 11) is 0. The summed E-state index contributed by atoms with van der Waals surface area (Å²) >= 11 is 3.47. The van der Waals surface area contributed by atoms with Crippen LogP contribution in [0.4, 0.5) is 5.82 Å². The van der Waals surface area contributed by atoms with Crippen molar-refractivity contribution in [1.29, 1.82) is 0 Å². The van der Waals surface area contributed by atoms with Crippen molar-refractivity contribution >= 4 is 38.6 Å². The molecule has 0 aliphatic carbocycles. The Bertz CT molecular complexity index is 581. The van der Waals surface area contributed by atoms with Gasteiger partial charge in [0.1, 0.15) is 12.1 Å². The fourth-order valence-electron chi connectivity index (χ4n) is 2.07. The number of nitrogens with zero attached hydrogens (tertiary/aromatic N) is 3. The fourth-order valence-corrected chi connectivity index (χ4v) is 2.64. The molecule has 86 valence electrons. The highest BCUT2D eigenvalue weighted by atomic mass is 79.9. The first-order valence-corrected chi connectivity index (χ1v) is 6.31. The van der Waals surface area contributed by atoms with Gasteiger partial charge >= 0.3 is 0 Å². The average Bonchev–Trinajstić information content (AvgIpc) is 2.68. The summed E-state index contributed by atoms with van der Waals surface area (Å²) in [5.74, 6) is 0.818. The van der Waals surface area contributed by atoms with E-state index in [1.807, 2.05) is 24.3 Å². The first-order chi connectivity index (χ1) is 8.25. The molecule has 1 fully saturated rings. The van der Waals surface area contributed by atoms with Gasteiger partial charge in [0, 0.05) is 23.2 Å². The summed E-state index contributed by atoms with van der Waals surface area (Å²) in [5, 5.41) is 0.921. The van der Waals surface area contributed by atoms with Crippen molar-refractivity contribution < 1.29 is 4.79 Å². The molecule has 0 bridgehead atoms. The van der Waals surface area contributed by atoms with E-state index < -0.39 is 0 Å². The molecule has 1 aromatic heterocycles. The number of benzene rings is 1. The zero-order chi connectivity index (χ0) is 11.8. The van der Waals surface area contributed by atoms with Crippen LogP contribution in [-0.2, 0) is 4.79 Å². The van der Waals surface area contributed by atoms with Crippen molar-refractivity contribution in [2.75, 3.05) is 11.4 Å². The van der Waals surface area contributed by atoms with Crippen molar-refractivity contribution in [3.8, 4) is 0 Å². The van der Waals surface area contributed by atoms with E-state index >= 15 is 0 Å². The van der Waals surface area contributed by atoms with Crippen LogP contribution < -0.4 is 4.90 Å².